The Morgan fingerprint density at radius 2 is 1.73 bits per heavy atom. The number of hydrogen-bond acceptors (Lipinski definition) is 3. The number of hydrogen-bond donors (Lipinski definition) is 1. The zero-order valence-corrected chi connectivity index (χ0v) is 19.6. The van der Waals surface area contributed by atoms with Crippen LogP contribution in [0.5, 0.6) is 0 Å². The van der Waals surface area contributed by atoms with E-state index in [0.717, 1.165) is 6.07 Å². The largest absolute Gasteiger partial charge is 0.379 e. The molecule has 1 unspecified atom stereocenters. The van der Waals surface area contributed by atoms with E-state index in [2.05, 4.69) is 4.98 Å². The van der Waals surface area contributed by atoms with Gasteiger partial charge in [0.25, 0.3) is 0 Å². The van der Waals surface area contributed by atoms with E-state index < -0.39 is 19.2 Å². The van der Waals surface area contributed by atoms with Crippen molar-refractivity contribution in [2.24, 2.45) is 0 Å². The molecule has 0 saturated carbocycles. The molecule has 0 aliphatic heterocycles. The van der Waals surface area contributed by atoms with Crippen molar-refractivity contribution in [1.29, 1.82) is 0 Å². The van der Waals surface area contributed by atoms with E-state index in [9.17, 15) is 13.8 Å². The molecule has 5 nitrogen and oxygen atoms in total. The fourth-order valence-corrected chi connectivity index (χ4v) is 4.96. The Labute approximate surface area is 198 Å². The summed E-state index contributed by atoms with van der Waals surface area (Å²) in [5.74, 6) is -1.28. The van der Waals surface area contributed by atoms with E-state index in [-0.39, 0.29) is 44.9 Å². The van der Waals surface area contributed by atoms with Gasteiger partial charge < -0.3 is 9.42 Å². The number of imidazole rings is 1. The van der Waals surface area contributed by atoms with Gasteiger partial charge in [-0.05, 0) is 37.3 Å². The predicted molar refractivity (Wildman–Crippen MR) is 125 cm³/mol. The quantitative estimate of drug-likeness (QED) is 0.296. The summed E-state index contributed by atoms with van der Waals surface area (Å²) in [4.78, 5) is 15.2. The van der Waals surface area contributed by atoms with Crippen LogP contribution in [0.3, 0.4) is 0 Å². The van der Waals surface area contributed by atoms with Crippen molar-refractivity contribution in [3.63, 3.8) is 0 Å². The van der Waals surface area contributed by atoms with Crippen LogP contribution in [-0.2, 0) is 9.09 Å². The smallest absolute Gasteiger partial charge is 0.320 e. The van der Waals surface area contributed by atoms with Gasteiger partial charge in [-0.15, -0.1) is 0 Å². The molecule has 0 amide bonds. The molecule has 1 heterocycles. The average Bonchev–Trinajstić information content (AvgIpc) is 3.19. The second kappa shape index (κ2) is 9.37. The van der Waals surface area contributed by atoms with Gasteiger partial charge >= 0.3 is 7.60 Å². The third-order valence-corrected chi connectivity index (χ3v) is 6.86. The number of benzene rings is 3. The zero-order valence-electron chi connectivity index (χ0n) is 17.2. The van der Waals surface area contributed by atoms with Crippen molar-refractivity contribution in [2.45, 2.75) is 6.92 Å². The van der Waals surface area contributed by atoms with E-state index in [4.69, 9.17) is 27.7 Å². The molecule has 3 aromatic carbocycles. The second-order valence-electron chi connectivity index (χ2n) is 6.95. The van der Waals surface area contributed by atoms with Crippen LogP contribution in [0, 0.1) is 11.6 Å². The maximum atomic E-state index is 15.2. The number of nitrogens with zero attached hydrogens (tertiary/aromatic N) is 2. The molecule has 33 heavy (non-hydrogen) atoms. The monoisotopic (exact) mass is 508 g/mol. The topological polar surface area (TPSA) is 64.3 Å². The molecular formula is C23H17Cl2F2N2O3P. The lowest BCUT2D eigenvalue weighted by atomic mass is 10.1. The van der Waals surface area contributed by atoms with Crippen LogP contribution in [0.1, 0.15) is 6.92 Å². The molecule has 0 spiro atoms. The first kappa shape index (κ1) is 23.6. The van der Waals surface area contributed by atoms with Gasteiger partial charge in [0.15, 0.2) is 11.3 Å². The van der Waals surface area contributed by atoms with Crippen LogP contribution in [0.15, 0.2) is 66.7 Å². The summed E-state index contributed by atoms with van der Waals surface area (Å²) in [5.41, 5.74) is 0.446. The van der Waals surface area contributed by atoms with Crippen molar-refractivity contribution < 1.29 is 22.8 Å². The van der Waals surface area contributed by atoms with Crippen molar-refractivity contribution in [3.8, 4) is 28.3 Å². The lowest BCUT2D eigenvalue weighted by Gasteiger charge is -2.16. The first-order valence-corrected chi connectivity index (χ1v) is 12.1. The predicted octanol–water partition coefficient (Wildman–Crippen LogP) is 6.64. The third-order valence-electron chi connectivity index (χ3n) is 4.83. The zero-order chi connectivity index (χ0) is 23.8. The van der Waals surface area contributed by atoms with Gasteiger partial charge in [-0.3, -0.25) is 9.13 Å². The summed E-state index contributed by atoms with van der Waals surface area (Å²) in [7, 11) is -4.47. The molecule has 0 bridgehead atoms. The van der Waals surface area contributed by atoms with Gasteiger partial charge in [0, 0.05) is 11.1 Å². The maximum absolute atomic E-state index is 15.2. The molecule has 0 saturated heterocycles. The molecule has 0 radical (unpaired) electrons. The van der Waals surface area contributed by atoms with E-state index in [1.807, 2.05) is 0 Å². The van der Waals surface area contributed by atoms with E-state index >= 15 is 4.39 Å². The van der Waals surface area contributed by atoms with Gasteiger partial charge in [0.2, 0.25) is 0 Å². The highest BCUT2D eigenvalue weighted by Crippen LogP contribution is 2.46. The van der Waals surface area contributed by atoms with Gasteiger partial charge in [-0.1, -0.05) is 59.6 Å². The average molecular weight is 509 g/mol. The molecule has 170 valence electrons. The highest BCUT2D eigenvalue weighted by atomic mass is 35.5. The second-order valence-corrected chi connectivity index (χ2v) is 9.49. The van der Waals surface area contributed by atoms with E-state index in [1.165, 1.54) is 34.9 Å². The standard InChI is InChI=1S/C23H17Cl2F2N2O3P/c1-2-32-33(30,31)23-21(15-11-12-18(26)17(25)13-15)29(19-10-6-9-16(24)20(19)27)22(28-23)14-7-4-3-5-8-14/h3-13H,2H2,1H3,(H,30,31). The SMILES string of the molecule is CCOP(=O)(O)c1nc(-c2ccccc2)n(-c2cccc(Cl)c2F)c1-c1ccc(F)c(Cl)c1. The number of aromatic nitrogens is 2. The highest BCUT2D eigenvalue weighted by molar-refractivity contribution is 7.61. The van der Waals surface area contributed by atoms with Gasteiger partial charge in [-0.25, -0.2) is 13.8 Å². The lowest BCUT2D eigenvalue weighted by molar-refractivity contribution is 0.283. The summed E-state index contributed by atoms with van der Waals surface area (Å²) in [6, 6.07) is 16.8. The minimum Gasteiger partial charge on any atom is -0.320 e. The van der Waals surface area contributed by atoms with Gasteiger partial charge in [0.1, 0.15) is 11.6 Å². The Bertz CT molecular complexity index is 1380. The van der Waals surface area contributed by atoms with Crippen LogP contribution in [-0.4, -0.2) is 21.1 Å². The molecule has 10 heteroatoms. The third kappa shape index (κ3) is 4.47. The Morgan fingerprint density at radius 3 is 2.39 bits per heavy atom. The molecule has 1 aromatic heterocycles. The Kier molecular flexibility index (Phi) is 6.71. The summed E-state index contributed by atoms with van der Waals surface area (Å²) in [5, 5.41) is -0.370. The first-order chi connectivity index (χ1) is 15.7. The maximum Gasteiger partial charge on any atom is 0.379 e. The molecular weight excluding hydrogens is 492 g/mol. The normalized spacial score (nSPS) is 13.2. The van der Waals surface area contributed by atoms with Gasteiger partial charge in [-0.2, -0.15) is 0 Å². The van der Waals surface area contributed by atoms with Crippen LogP contribution in [0.2, 0.25) is 10.0 Å². The molecule has 0 fully saturated rings. The molecule has 4 rings (SSSR count). The van der Waals surface area contributed by atoms with Crippen molar-refractivity contribution in [1.82, 2.24) is 9.55 Å². The minimum absolute atomic E-state index is 0.0213. The summed E-state index contributed by atoms with van der Waals surface area (Å²) in [6.45, 7) is 1.49. The van der Waals surface area contributed by atoms with Crippen LogP contribution < -0.4 is 5.44 Å². The van der Waals surface area contributed by atoms with Crippen molar-refractivity contribution in [3.05, 3.63) is 88.4 Å². The summed E-state index contributed by atoms with van der Waals surface area (Å²) >= 11 is 12.1. The highest BCUT2D eigenvalue weighted by Gasteiger charge is 2.35. The Morgan fingerprint density at radius 1 is 1.00 bits per heavy atom. The fraction of sp³-hybridized carbons (Fsp3) is 0.0870. The van der Waals surface area contributed by atoms with Crippen LogP contribution in [0.4, 0.5) is 8.78 Å². The molecule has 0 aliphatic carbocycles. The Balaban J connectivity index is 2.17. The van der Waals surface area contributed by atoms with Crippen molar-refractivity contribution >= 4 is 36.2 Å². The van der Waals surface area contributed by atoms with Crippen LogP contribution >= 0.6 is 30.8 Å². The molecule has 0 aliphatic rings. The molecule has 1 atom stereocenters. The molecule has 1 N–H and O–H groups in total. The van der Waals surface area contributed by atoms with E-state index in [0.29, 0.717) is 5.56 Å². The number of rotatable bonds is 6. The fourth-order valence-electron chi connectivity index (χ4n) is 3.42. The minimum atomic E-state index is -4.47. The lowest BCUT2D eigenvalue weighted by Crippen LogP contribution is -2.13. The van der Waals surface area contributed by atoms with E-state index in [1.54, 1.807) is 37.3 Å². The molecule has 4 aromatic rings. The summed E-state index contributed by atoms with van der Waals surface area (Å²) in [6.07, 6.45) is 0. The van der Waals surface area contributed by atoms with Gasteiger partial charge in [0.05, 0.1) is 28.0 Å². The van der Waals surface area contributed by atoms with Crippen molar-refractivity contribution in [2.75, 3.05) is 6.61 Å². The Hall–Kier alpha value is -2.54. The first-order valence-electron chi connectivity index (χ1n) is 9.80. The summed E-state index contributed by atoms with van der Waals surface area (Å²) < 4.78 is 48.8. The van der Waals surface area contributed by atoms with Crippen LogP contribution in [0.25, 0.3) is 28.3 Å². The number of halogens is 4.